The minimum absolute atomic E-state index is 0.222. The van der Waals surface area contributed by atoms with Gasteiger partial charge in [0, 0.05) is 0 Å². The minimum Gasteiger partial charge on any atom is -0.512 e. The van der Waals surface area contributed by atoms with Gasteiger partial charge < -0.3 is 9.90 Å². The summed E-state index contributed by atoms with van der Waals surface area (Å²) in [7, 11) is 0. The number of carbonyl (C=O) groups excluding carboxylic acids is 1. The van der Waals surface area contributed by atoms with E-state index < -0.39 is 0 Å². The molecule has 62 valence electrons. The molecule has 0 saturated carbocycles. The zero-order valence-electron chi connectivity index (χ0n) is 7.00. The molecule has 0 radical (unpaired) electrons. The summed E-state index contributed by atoms with van der Waals surface area (Å²) < 4.78 is 0. The van der Waals surface area contributed by atoms with E-state index in [1.807, 2.05) is 6.92 Å². The Bertz CT molecular complexity index is 194. The maximum Gasteiger partial charge on any atom is 0.130 e. The molecule has 11 heavy (non-hydrogen) atoms. The Morgan fingerprint density at radius 1 is 1.73 bits per heavy atom. The van der Waals surface area contributed by atoms with Crippen molar-refractivity contribution in [1.82, 2.24) is 0 Å². The third kappa shape index (κ3) is 1.30. The fourth-order valence-electron chi connectivity index (χ4n) is 1.77. The average molecular weight is 154 g/mol. The summed E-state index contributed by atoms with van der Waals surface area (Å²) >= 11 is 0. The van der Waals surface area contributed by atoms with Crippen LogP contribution in [0.3, 0.4) is 0 Å². The number of hydrogen-bond donors (Lipinski definition) is 1. The first kappa shape index (κ1) is 8.31. The predicted octanol–water partition coefficient (Wildman–Crippen LogP) is 2.06. The molecule has 0 bridgehead atoms. The standard InChI is InChI=1S/C9H14O2/c1-3-8-6(2)4-7(5-10)9(8)11/h5-7,11H,3-4H2,1-2H3. The Morgan fingerprint density at radius 2 is 2.36 bits per heavy atom. The molecular formula is C9H14O2. The van der Waals surface area contributed by atoms with Crippen molar-refractivity contribution < 1.29 is 9.90 Å². The molecule has 0 saturated heterocycles. The monoisotopic (exact) mass is 154 g/mol. The molecule has 0 fully saturated rings. The van der Waals surface area contributed by atoms with Gasteiger partial charge in [0.2, 0.25) is 0 Å². The number of aldehydes is 1. The van der Waals surface area contributed by atoms with Crippen molar-refractivity contribution in [3.63, 3.8) is 0 Å². The van der Waals surface area contributed by atoms with Gasteiger partial charge in [-0.05, 0) is 24.3 Å². The molecule has 2 unspecified atom stereocenters. The molecule has 0 heterocycles. The highest BCUT2D eigenvalue weighted by Crippen LogP contribution is 2.35. The van der Waals surface area contributed by atoms with E-state index in [0.717, 1.165) is 24.7 Å². The van der Waals surface area contributed by atoms with E-state index in [1.54, 1.807) is 0 Å². The van der Waals surface area contributed by atoms with Gasteiger partial charge in [-0.2, -0.15) is 0 Å². The maximum absolute atomic E-state index is 10.4. The second-order valence-corrected chi connectivity index (χ2v) is 3.14. The summed E-state index contributed by atoms with van der Waals surface area (Å²) in [5.41, 5.74) is 1.06. The molecule has 2 heteroatoms. The normalized spacial score (nSPS) is 31.1. The van der Waals surface area contributed by atoms with Gasteiger partial charge in [0.1, 0.15) is 12.0 Å². The van der Waals surface area contributed by atoms with Crippen molar-refractivity contribution in [2.24, 2.45) is 11.8 Å². The van der Waals surface area contributed by atoms with Gasteiger partial charge in [-0.1, -0.05) is 13.8 Å². The number of allylic oxidation sites excluding steroid dienone is 2. The Hall–Kier alpha value is -0.790. The van der Waals surface area contributed by atoms with E-state index in [2.05, 4.69) is 6.92 Å². The number of aliphatic hydroxyl groups excluding tert-OH is 1. The zero-order chi connectivity index (χ0) is 8.43. The van der Waals surface area contributed by atoms with E-state index in [1.165, 1.54) is 0 Å². The summed E-state index contributed by atoms with van der Waals surface area (Å²) in [5, 5.41) is 9.47. The van der Waals surface area contributed by atoms with Crippen molar-refractivity contribution in [1.29, 1.82) is 0 Å². The molecule has 0 aromatic heterocycles. The molecular weight excluding hydrogens is 140 g/mol. The third-order valence-electron chi connectivity index (χ3n) is 2.43. The van der Waals surface area contributed by atoms with Crippen molar-refractivity contribution in [3.8, 4) is 0 Å². The average Bonchev–Trinajstić information content (AvgIpc) is 2.26. The third-order valence-corrected chi connectivity index (χ3v) is 2.43. The van der Waals surface area contributed by atoms with Crippen LogP contribution in [0.5, 0.6) is 0 Å². The molecule has 0 spiro atoms. The molecule has 2 atom stereocenters. The minimum atomic E-state index is -0.222. The summed E-state index contributed by atoms with van der Waals surface area (Å²) in [6.07, 6.45) is 2.49. The van der Waals surface area contributed by atoms with Crippen LogP contribution in [0, 0.1) is 11.8 Å². The molecule has 0 amide bonds. The van der Waals surface area contributed by atoms with Gasteiger partial charge in [-0.25, -0.2) is 0 Å². The zero-order valence-corrected chi connectivity index (χ0v) is 7.00. The molecule has 1 N–H and O–H groups in total. The maximum atomic E-state index is 10.4. The van der Waals surface area contributed by atoms with Gasteiger partial charge in [-0.15, -0.1) is 0 Å². The fourth-order valence-corrected chi connectivity index (χ4v) is 1.77. The molecule has 0 aromatic rings. The molecule has 1 rings (SSSR count). The van der Waals surface area contributed by atoms with Crippen LogP contribution in [0.15, 0.2) is 11.3 Å². The van der Waals surface area contributed by atoms with Crippen LogP contribution in [0.1, 0.15) is 26.7 Å². The van der Waals surface area contributed by atoms with E-state index in [-0.39, 0.29) is 5.92 Å². The van der Waals surface area contributed by atoms with Crippen LogP contribution in [0.2, 0.25) is 0 Å². The Kier molecular flexibility index (Phi) is 2.32. The number of rotatable bonds is 2. The molecule has 0 aliphatic heterocycles. The van der Waals surface area contributed by atoms with E-state index in [9.17, 15) is 9.90 Å². The lowest BCUT2D eigenvalue weighted by molar-refractivity contribution is -0.110. The van der Waals surface area contributed by atoms with Gasteiger partial charge in [0.25, 0.3) is 0 Å². The lowest BCUT2D eigenvalue weighted by Gasteiger charge is -2.03. The molecule has 1 aliphatic carbocycles. The lowest BCUT2D eigenvalue weighted by Crippen LogP contribution is -2.00. The van der Waals surface area contributed by atoms with Crippen LogP contribution in [0.4, 0.5) is 0 Å². The second kappa shape index (κ2) is 3.07. The Labute approximate surface area is 66.9 Å². The van der Waals surface area contributed by atoms with Crippen molar-refractivity contribution >= 4 is 6.29 Å². The van der Waals surface area contributed by atoms with E-state index >= 15 is 0 Å². The van der Waals surface area contributed by atoms with E-state index in [4.69, 9.17) is 0 Å². The topological polar surface area (TPSA) is 37.3 Å². The van der Waals surface area contributed by atoms with Gasteiger partial charge in [-0.3, -0.25) is 0 Å². The number of hydrogen-bond acceptors (Lipinski definition) is 2. The fraction of sp³-hybridized carbons (Fsp3) is 0.667. The Balaban J connectivity index is 2.84. The number of carbonyl (C=O) groups is 1. The van der Waals surface area contributed by atoms with Gasteiger partial charge >= 0.3 is 0 Å². The quantitative estimate of drug-likeness (QED) is 0.618. The van der Waals surface area contributed by atoms with Gasteiger partial charge in [0.15, 0.2) is 0 Å². The molecule has 1 aliphatic rings. The molecule has 2 nitrogen and oxygen atoms in total. The first-order valence-corrected chi connectivity index (χ1v) is 4.07. The largest absolute Gasteiger partial charge is 0.512 e. The van der Waals surface area contributed by atoms with Crippen LogP contribution in [-0.2, 0) is 4.79 Å². The Morgan fingerprint density at radius 3 is 2.64 bits per heavy atom. The highest BCUT2D eigenvalue weighted by molar-refractivity contribution is 5.60. The van der Waals surface area contributed by atoms with Crippen LogP contribution in [-0.4, -0.2) is 11.4 Å². The summed E-state index contributed by atoms with van der Waals surface area (Å²) in [6, 6.07) is 0. The highest BCUT2D eigenvalue weighted by Gasteiger charge is 2.29. The van der Waals surface area contributed by atoms with E-state index in [0.29, 0.717) is 11.7 Å². The first-order chi connectivity index (χ1) is 5.20. The van der Waals surface area contributed by atoms with Gasteiger partial charge in [0.05, 0.1) is 5.92 Å². The van der Waals surface area contributed by atoms with Crippen molar-refractivity contribution in [2.75, 3.05) is 0 Å². The SMILES string of the molecule is CCC1=C(O)C(C=O)CC1C. The summed E-state index contributed by atoms with van der Waals surface area (Å²) in [4.78, 5) is 10.4. The first-order valence-electron chi connectivity index (χ1n) is 4.07. The van der Waals surface area contributed by atoms with Crippen molar-refractivity contribution in [2.45, 2.75) is 26.7 Å². The summed E-state index contributed by atoms with van der Waals surface area (Å²) in [5.74, 6) is 0.491. The van der Waals surface area contributed by atoms with Crippen LogP contribution in [0.25, 0.3) is 0 Å². The second-order valence-electron chi connectivity index (χ2n) is 3.14. The number of aliphatic hydroxyl groups is 1. The molecule has 0 aromatic carbocycles. The van der Waals surface area contributed by atoms with Crippen molar-refractivity contribution in [3.05, 3.63) is 11.3 Å². The predicted molar refractivity (Wildman–Crippen MR) is 43.3 cm³/mol. The summed E-state index contributed by atoms with van der Waals surface area (Å²) in [6.45, 7) is 4.06. The smallest absolute Gasteiger partial charge is 0.130 e. The highest BCUT2D eigenvalue weighted by atomic mass is 16.3. The van der Waals surface area contributed by atoms with Crippen LogP contribution >= 0.6 is 0 Å². The lowest BCUT2D eigenvalue weighted by atomic mass is 10.0. The van der Waals surface area contributed by atoms with Crippen LogP contribution < -0.4 is 0 Å².